The molecule has 0 fully saturated rings. The summed E-state index contributed by atoms with van der Waals surface area (Å²) in [6.07, 6.45) is 0. The third kappa shape index (κ3) is 1.84. The van der Waals surface area contributed by atoms with Crippen LogP contribution in [0.4, 0.5) is 5.69 Å². The van der Waals surface area contributed by atoms with E-state index in [4.69, 9.17) is 5.73 Å². The molecule has 0 spiro atoms. The number of hydrogen-bond acceptors (Lipinski definition) is 3. The highest BCUT2D eigenvalue weighted by molar-refractivity contribution is 5.44. The van der Waals surface area contributed by atoms with E-state index in [2.05, 4.69) is 0 Å². The molecule has 1 rings (SSSR count). The highest BCUT2D eigenvalue weighted by Gasteiger charge is 2.10. The monoisotopic (exact) mass is 180 g/mol. The maximum Gasteiger partial charge on any atom is 0.269 e. The molecule has 4 heteroatoms. The van der Waals surface area contributed by atoms with E-state index in [-0.39, 0.29) is 10.6 Å². The summed E-state index contributed by atoms with van der Waals surface area (Å²) in [5.74, 6) is 0. The van der Waals surface area contributed by atoms with E-state index in [0.717, 1.165) is 16.7 Å². The minimum atomic E-state index is -0.389. The van der Waals surface area contributed by atoms with Crippen LogP contribution in [0.5, 0.6) is 0 Å². The predicted molar refractivity (Wildman–Crippen MR) is 50.5 cm³/mol. The number of nitrogens with two attached hydrogens (primary N) is 1. The summed E-state index contributed by atoms with van der Waals surface area (Å²) < 4.78 is 0. The number of nitrogens with zero attached hydrogens (tertiary/aromatic N) is 1. The van der Waals surface area contributed by atoms with Crippen LogP contribution in [0.3, 0.4) is 0 Å². The van der Waals surface area contributed by atoms with Crippen molar-refractivity contribution in [2.24, 2.45) is 5.73 Å². The molecule has 1 aromatic rings. The SMILES string of the molecule is Cc1cc([N+](=O)[O-])cc(C)c1CN. The Hall–Kier alpha value is -1.42. The van der Waals surface area contributed by atoms with E-state index in [1.807, 2.05) is 13.8 Å². The van der Waals surface area contributed by atoms with E-state index in [9.17, 15) is 10.1 Å². The van der Waals surface area contributed by atoms with Crippen LogP contribution in [0.15, 0.2) is 12.1 Å². The van der Waals surface area contributed by atoms with Crippen LogP contribution in [-0.2, 0) is 6.54 Å². The summed E-state index contributed by atoms with van der Waals surface area (Å²) in [5, 5.41) is 10.5. The van der Waals surface area contributed by atoms with Crippen molar-refractivity contribution in [2.45, 2.75) is 20.4 Å². The quantitative estimate of drug-likeness (QED) is 0.556. The standard InChI is InChI=1S/C9H12N2O2/c1-6-3-8(11(12)13)4-7(2)9(6)5-10/h3-4H,5,10H2,1-2H3. The number of aryl methyl sites for hydroxylation is 2. The van der Waals surface area contributed by atoms with Gasteiger partial charge in [0.15, 0.2) is 0 Å². The third-order valence-electron chi connectivity index (χ3n) is 2.10. The molecule has 4 nitrogen and oxygen atoms in total. The first-order valence-corrected chi connectivity index (χ1v) is 4.01. The van der Waals surface area contributed by atoms with Gasteiger partial charge in [0.1, 0.15) is 0 Å². The molecule has 0 unspecified atom stereocenters. The molecule has 0 saturated heterocycles. The van der Waals surface area contributed by atoms with Crippen LogP contribution in [0.1, 0.15) is 16.7 Å². The average molecular weight is 180 g/mol. The van der Waals surface area contributed by atoms with Crippen molar-refractivity contribution >= 4 is 5.69 Å². The summed E-state index contributed by atoms with van der Waals surface area (Å²) in [6.45, 7) is 4.10. The molecule has 0 atom stereocenters. The van der Waals surface area contributed by atoms with Crippen LogP contribution < -0.4 is 5.73 Å². The van der Waals surface area contributed by atoms with Crippen LogP contribution >= 0.6 is 0 Å². The van der Waals surface area contributed by atoms with Gasteiger partial charge in [0.25, 0.3) is 5.69 Å². The second-order valence-corrected chi connectivity index (χ2v) is 3.02. The van der Waals surface area contributed by atoms with Gasteiger partial charge in [-0.3, -0.25) is 10.1 Å². The molecule has 0 aliphatic heterocycles. The first-order valence-electron chi connectivity index (χ1n) is 4.01. The summed E-state index contributed by atoms with van der Waals surface area (Å²) in [5.41, 5.74) is 8.40. The van der Waals surface area contributed by atoms with E-state index in [0.29, 0.717) is 6.54 Å². The van der Waals surface area contributed by atoms with Crippen LogP contribution in [0, 0.1) is 24.0 Å². The van der Waals surface area contributed by atoms with Gasteiger partial charge >= 0.3 is 0 Å². The molecule has 70 valence electrons. The lowest BCUT2D eigenvalue weighted by Gasteiger charge is -2.06. The number of hydrogen-bond donors (Lipinski definition) is 1. The van der Waals surface area contributed by atoms with E-state index in [1.54, 1.807) is 12.1 Å². The van der Waals surface area contributed by atoms with Gasteiger partial charge in [-0.05, 0) is 30.5 Å². The molecule has 2 N–H and O–H groups in total. The third-order valence-corrected chi connectivity index (χ3v) is 2.10. The summed E-state index contributed by atoms with van der Waals surface area (Å²) in [4.78, 5) is 10.1. The molecule has 0 amide bonds. The Morgan fingerprint density at radius 3 is 2.15 bits per heavy atom. The van der Waals surface area contributed by atoms with Crippen LogP contribution in [0.2, 0.25) is 0 Å². The molecular weight excluding hydrogens is 168 g/mol. The maximum absolute atomic E-state index is 10.5. The average Bonchev–Trinajstić information content (AvgIpc) is 2.03. The zero-order chi connectivity index (χ0) is 10.0. The number of benzene rings is 1. The molecule has 0 bridgehead atoms. The Bertz CT molecular complexity index is 324. The topological polar surface area (TPSA) is 69.2 Å². The molecule has 1 aromatic carbocycles. The Balaban J connectivity index is 3.28. The second kappa shape index (κ2) is 3.53. The van der Waals surface area contributed by atoms with Crippen molar-refractivity contribution in [3.8, 4) is 0 Å². The Kier molecular flexibility index (Phi) is 2.63. The fourth-order valence-corrected chi connectivity index (χ4v) is 1.40. The summed E-state index contributed by atoms with van der Waals surface area (Å²) >= 11 is 0. The Morgan fingerprint density at radius 1 is 1.38 bits per heavy atom. The Labute approximate surface area is 76.5 Å². The van der Waals surface area contributed by atoms with Gasteiger partial charge in [-0.25, -0.2) is 0 Å². The lowest BCUT2D eigenvalue weighted by atomic mass is 10.0. The van der Waals surface area contributed by atoms with Gasteiger partial charge in [0.2, 0.25) is 0 Å². The van der Waals surface area contributed by atoms with Crippen molar-refractivity contribution in [1.29, 1.82) is 0 Å². The fourth-order valence-electron chi connectivity index (χ4n) is 1.40. The molecule has 13 heavy (non-hydrogen) atoms. The normalized spacial score (nSPS) is 10.1. The zero-order valence-electron chi connectivity index (χ0n) is 7.70. The molecule has 0 saturated carbocycles. The van der Waals surface area contributed by atoms with Crippen molar-refractivity contribution in [3.05, 3.63) is 38.9 Å². The fraction of sp³-hybridized carbons (Fsp3) is 0.333. The smallest absolute Gasteiger partial charge is 0.269 e. The predicted octanol–water partition coefficient (Wildman–Crippen LogP) is 1.67. The number of nitro benzene ring substituents is 1. The highest BCUT2D eigenvalue weighted by Crippen LogP contribution is 2.20. The van der Waals surface area contributed by atoms with Gasteiger partial charge in [-0.15, -0.1) is 0 Å². The zero-order valence-corrected chi connectivity index (χ0v) is 7.70. The van der Waals surface area contributed by atoms with E-state index in [1.165, 1.54) is 0 Å². The summed E-state index contributed by atoms with van der Waals surface area (Å²) in [7, 11) is 0. The molecular formula is C9H12N2O2. The van der Waals surface area contributed by atoms with Gasteiger partial charge in [0.05, 0.1) is 4.92 Å². The van der Waals surface area contributed by atoms with Crippen molar-refractivity contribution in [3.63, 3.8) is 0 Å². The summed E-state index contributed by atoms with van der Waals surface area (Å²) in [6, 6.07) is 3.10. The maximum atomic E-state index is 10.5. The highest BCUT2D eigenvalue weighted by atomic mass is 16.6. The second-order valence-electron chi connectivity index (χ2n) is 3.02. The van der Waals surface area contributed by atoms with Crippen LogP contribution in [-0.4, -0.2) is 4.92 Å². The molecule has 0 heterocycles. The number of non-ortho nitro benzene ring substituents is 1. The number of nitro groups is 1. The van der Waals surface area contributed by atoms with Crippen molar-refractivity contribution < 1.29 is 4.92 Å². The minimum absolute atomic E-state index is 0.132. The lowest BCUT2D eigenvalue weighted by Crippen LogP contribution is -2.03. The molecule has 0 aliphatic carbocycles. The first kappa shape index (κ1) is 9.67. The molecule has 0 aliphatic rings. The lowest BCUT2D eigenvalue weighted by molar-refractivity contribution is -0.385. The Morgan fingerprint density at radius 2 is 1.85 bits per heavy atom. The number of rotatable bonds is 2. The minimum Gasteiger partial charge on any atom is -0.326 e. The van der Waals surface area contributed by atoms with Gasteiger partial charge in [-0.2, -0.15) is 0 Å². The van der Waals surface area contributed by atoms with Gasteiger partial charge < -0.3 is 5.73 Å². The van der Waals surface area contributed by atoms with E-state index >= 15 is 0 Å². The van der Waals surface area contributed by atoms with Crippen molar-refractivity contribution in [2.75, 3.05) is 0 Å². The molecule has 0 aromatic heterocycles. The van der Waals surface area contributed by atoms with Gasteiger partial charge in [0, 0.05) is 18.7 Å². The van der Waals surface area contributed by atoms with E-state index < -0.39 is 0 Å². The largest absolute Gasteiger partial charge is 0.326 e. The first-order chi connectivity index (χ1) is 6.06. The van der Waals surface area contributed by atoms with Crippen LogP contribution in [0.25, 0.3) is 0 Å². The van der Waals surface area contributed by atoms with Crippen molar-refractivity contribution in [1.82, 2.24) is 0 Å². The van der Waals surface area contributed by atoms with Gasteiger partial charge in [-0.1, -0.05) is 0 Å². The molecule has 0 radical (unpaired) electrons.